The Morgan fingerprint density at radius 2 is 1.62 bits per heavy atom. The third-order valence-electron chi connectivity index (χ3n) is 6.60. The first-order valence-corrected chi connectivity index (χ1v) is 8.92. The molecule has 4 aliphatic carbocycles. The lowest BCUT2D eigenvalue weighted by Gasteiger charge is -2.57. The summed E-state index contributed by atoms with van der Waals surface area (Å²) in [5.41, 5.74) is 10.1. The monoisotopic (exact) mass is 283 g/mol. The number of benzene rings is 1. The quantitative estimate of drug-likeness (QED) is 0.866. The molecule has 0 aliphatic heterocycles. The molecule has 0 radical (unpaired) electrons. The summed E-state index contributed by atoms with van der Waals surface area (Å²) in [5, 5.41) is 0. The van der Waals surface area contributed by atoms with Gasteiger partial charge in [-0.3, -0.25) is 0 Å². The van der Waals surface area contributed by atoms with Crippen molar-refractivity contribution in [3.63, 3.8) is 0 Å². The predicted octanol–water partition coefficient (Wildman–Crippen LogP) is 4.47. The van der Waals surface area contributed by atoms with Crippen molar-refractivity contribution >= 4 is 0 Å². The van der Waals surface area contributed by atoms with Crippen molar-refractivity contribution in [1.82, 2.24) is 0 Å². The lowest BCUT2D eigenvalue weighted by Crippen LogP contribution is -2.48. The van der Waals surface area contributed by atoms with Crippen LogP contribution in [0.3, 0.4) is 0 Å². The summed E-state index contributed by atoms with van der Waals surface area (Å²) in [6.07, 6.45) is 11.4. The van der Waals surface area contributed by atoms with Crippen LogP contribution in [0.4, 0.5) is 0 Å². The Kier molecular flexibility index (Phi) is 3.37. The molecule has 114 valence electrons. The maximum Gasteiger partial charge on any atom is 0.00847 e. The zero-order valence-electron chi connectivity index (χ0n) is 13.4. The molecule has 0 heterocycles. The van der Waals surface area contributed by atoms with Gasteiger partial charge in [0.2, 0.25) is 0 Å². The lowest BCUT2D eigenvalue weighted by molar-refractivity contribution is -0.0602. The Morgan fingerprint density at radius 1 is 1.05 bits per heavy atom. The fourth-order valence-corrected chi connectivity index (χ4v) is 6.29. The highest BCUT2D eigenvalue weighted by Gasteiger charge is 2.50. The van der Waals surface area contributed by atoms with E-state index in [0.717, 1.165) is 24.2 Å². The number of aryl methyl sites for hydroxylation is 1. The highest BCUT2D eigenvalue weighted by atomic mass is 14.7. The molecular formula is C20H29N. The minimum absolute atomic E-state index is 0.349. The summed E-state index contributed by atoms with van der Waals surface area (Å²) in [6.45, 7) is 2.22. The topological polar surface area (TPSA) is 26.0 Å². The van der Waals surface area contributed by atoms with E-state index in [1.165, 1.54) is 56.1 Å². The molecule has 5 rings (SSSR count). The second-order valence-corrected chi connectivity index (χ2v) is 8.51. The van der Waals surface area contributed by atoms with Crippen LogP contribution in [0, 0.1) is 30.1 Å². The Bertz CT molecular complexity index is 483. The molecule has 1 nitrogen and oxygen atoms in total. The molecule has 1 atom stereocenters. The van der Waals surface area contributed by atoms with Gasteiger partial charge in [-0.2, -0.15) is 0 Å². The van der Waals surface area contributed by atoms with Gasteiger partial charge in [-0.1, -0.05) is 24.3 Å². The molecule has 4 aliphatic rings. The van der Waals surface area contributed by atoms with Crippen LogP contribution in [0.5, 0.6) is 0 Å². The smallest absolute Gasteiger partial charge is 0.00847 e. The molecule has 4 fully saturated rings. The summed E-state index contributed by atoms with van der Waals surface area (Å²) < 4.78 is 0. The molecule has 2 N–H and O–H groups in total. The van der Waals surface area contributed by atoms with Crippen LogP contribution in [0.2, 0.25) is 0 Å². The first-order chi connectivity index (χ1) is 10.1. The Balaban J connectivity index is 1.45. The van der Waals surface area contributed by atoms with Gasteiger partial charge in [0.05, 0.1) is 0 Å². The molecule has 1 aromatic rings. The zero-order valence-corrected chi connectivity index (χ0v) is 13.4. The Hall–Kier alpha value is -0.820. The van der Waals surface area contributed by atoms with E-state index in [-0.39, 0.29) is 0 Å². The fraction of sp³-hybridized carbons (Fsp3) is 0.700. The van der Waals surface area contributed by atoms with Crippen molar-refractivity contribution in [1.29, 1.82) is 0 Å². The summed E-state index contributed by atoms with van der Waals surface area (Å²) in [7, 11) is 0. The van der Waals surface area contributed by atoms with Crippen LogP contribution in [-0.4, -0.2) is 6.04 Å². The molecule has 4 bridgehead atoms. The highest BCUT2D eigenvalue weighted by Crippen LogP contribution is 2.61. The van der Waals surface area contributed by atoms with Crippen molar-refractivity contribution in [3.8, 4) is 0 Å². The summed E-state index contributed by atoms with van der Waals surface area (Å²) in [5.74, 6) is 3.13. The van der Waals surface area contributed by atoms with E-state index < -0.39 is 0 Å². The van der Waals surface area contributed by atoms with Crippen LogP contribution in [0.1, 0.15) is 56.1 Å². The van der Waals surface area contributed by atoms with Crippen molar-refractivity contribution in [2.45, 2.75) is 64.3 Å². The van der Waals surface area contributed by atoms with Gasteiger partial charge in [-0.15, -0.1) is 0 Å². The maximum absolute atomic E-state index is 6.60. The zero-order chi connectivity index (χ0) is 14.4. The molecular weight excluding hydrogens is 254 g/mol. The van der Waals surface area contributed by atoms with E-state index in [9.17, 15) is 0 Å². The number of rotatable bonds is 4. The first-order valence-electron chi connectivity index (χ1n) is 8.92. The molecule has 4 saturated carbocycles. The van der Waals surface area contributed by atoms with Crippen molar-refractivity contribution in [3.05, 3.63) is 35.4 Å². The van der Waals surface area contributed by atoms with Crippen molar-refractivity contribution < 1.29 is 0 Å². The van der Waals surface area contributed by atoms with Gasteiger partial charge < -0.3 is 5.73 Å². The van der Waals surface area contributed by atoms with Crippen molar-refractivity contribution in [2.75, 3.05) is 0 Å². The van der Waals surface area contributed by atoms with Crippen molar-refractivity contribution in [2.24, 2.45) is 28.9 Å². The van der Waals surface area contributed by atoms with Gasteiger partial charge in [0.1, 0.15) is 0 Å². The standard InChI is InChI=1S/C20H29N/c1-14-4-2-3-5-18(14)9-19(21)13-20-10-15-6-16(11-20)8-17(7-15)12-20/h2-5,15-17,19H,6-13,21H2,1H3. The Labute approximate surface area is 129 Å². The minimum atomic E-state index is 0.349. The Morgan fingerprint density at radius 3 is 2.19 bits per heavy atom. The number of hydrogen-bond acceptors (Lipinski definition) is 1. The maximum atomic E-state index is 6.60. The first kappa shape index (κ1) is 13.8. The third-order valence-corrected chi connectivity index (χ3v) is 6.60. The second kappa shape index (κ2) is 5.12. The molecule has 0 aromatic heterocycles. The van der Waals surface area contributed by atoms with Gasteiger partial charge in [-0.25, -0.2) is 0 Å². The van der Waals surface area contributed by atoms with E-state index in [1.54, 1.807) is 0 Å². The molecule has 1 unspecified atom stereocenters. The van der Waals surface area contributed by atoms with Gasteiger partial charge >= 0.3 is 0 Å². The normalized spacial score (nSPS) is 38.7. The van der Waals surface area contributed by atoms with Crippen LogP contribution < -0.4 is 5.73 Å². The van der Waals surface area contributed by atoms with Crippen LogP contribution in [-0.2, 0) is 6.42 Å². The average molecular weight is 283 g/mol. The number of hydrogen-bond donors (Lipinski definition) is 1. The van der Waals surface area contributed by atoms with Gasteiger partial charge in [-0.05, 0) is 92.6 Å². The molecule has 0 saturated heterocycles. The van der Waals surface area contributed by atoms with Gasteiger partial charge in [0.25, 0.3) is 0 Å². The van der Waals surface area contributed by atoms with Gasteiger partial charge in [0.15, 0.2) is 0 Å². The molecule has 1 heteroatoms. The van der Waals surface area contributed by atoms with Crippen LogP contribution >= 0.6 is 0 Å². The molecule has 1 aromatic carbocycles. The second-order valence-electron chi connectivity index (χ2n) is 8.51. The lowest BCUT2D eigenvalue weighted by atomic mass is 9.48. The van der Waals surface area contributed by atoms with E-state index in [2.05, 4.69) is 31.2 Å². The summed E-state index contributed by atoms with van der Waals surface area (Å²) >= 11 is 0. The minimum Gasteiger partial charge on any atom is -0.327 e. The molecule has 0 amide bonds. The fourth-order valence-electron chi connectivity index (χ4n) is 6.29. The third kappa shape index (κ3) is 2.65. The van der Waals surface area contributed by atoms with E-state index in [4.69, 9.17) is 5.73 Å². The SMILES string of the molecule is Cc1ccccc1CC(N)CC12CC3CC(CC(C3)C1)C2. The summed E-state index contributed by atoms with van der Waals surface area (Å²) in [4.78, 5) is 0. The summed E-state index contributed by atoms with van der Waals surface area (Å²) in [6, 6.07) is 9.10. The predicted molar refractivity (Wildman–Crippen MR) is 88.1 cm³/mol. The molecule has 21 heavy (non-hydrogen) atoms. The van der Waals surface area contributed by atoms with Crippen LogP contribution in [0.15, 0.2) is 24.3 Å². The highest BCUT2D eigenvalue weighted by molar-refractivity contribution is 5.26. The van der Waals surface area contributed by atoms with E-state index >= 15 is 0 Å². The van der Waals surface area contributed by atoms with Gasteiger partial charge in [0, 0.05) is 6.04 Å². The average Bonchev–Trinajstić information content (AvgIpc) is 2.39. The largest absolute Gasteiger partial charge is 0.327 e. The number of nitrogens with two attached hydrogens (primary N) is 1. The van der Waals surface area contributed by atoms with E-state index in [1.807, 2.05) is 0 Å². The van der Waals surface area contributed by atoms with Crippen LogP contribution in [0.25, 0.3) is 0 Å². The molecule has 0 spiro atoms. The van der Waals surface area contributed by atoms with E-state index in [0.29, 0.717) is 11.5 Å².